The fraction of sp³-hybridized carbons (Fsp3) is 0.833. The quantitative estimate of drug-likeness (QED) is 0.408. The minimum absolute atomic E-state index is 0.118. The van der Waals surface area contributed by atoms with Crippen LogP contribution in [0, 0.1) is 0 Å². The number of nitrogens with one attached hydrogen (secondary N) is 2. The van der Waals surface area contributed by atoms with Gasteiger partial charge in [0.15, 0.2) is 0 Å². The smallest absolute Gasteiger partial charge is 0.381 e. The number of urea groups is 1. The van der Waals surface area contributed by atoms with Crippen molar-refractivity contribution in [2.45, 2.75) is 43.8 Å². The van der Waals surface area contributed by atoms with Crippen LogP contribution in [0.15, 0.2) is 0 Å². The molecule has 11 nitrogen and oxygen atoms in total. The summed E-state index contributed by atoms with van der Waals surface area (Å²) in [6.07, 6.45) is 2.34. The highest BCUT2D eigenvalue weighted by molar-refractivity contribution is 7.80. The average molecular weight is 364 g/mol. The van der Waals surface area contributed by atoms with Crippen molar-refractivity contribution in [3.8, 4) is 0 Å². The third-order valence-electron chi connectivity index (χ3n) is 4.42. The van der Waals surface area contributed by atoms with E-state index in [2.05, 4.69) is 15.1 Å². The minimum Gasteiger partial charge on any atom is -0.381 e. The Hall–Kier alpha value is -1.47. The molecule has 0 spiro atoms. The molecule has 0 aromatic rings. The van der Waals surface area contributed by atoms with Crippen molar-refractivity contribution in [3.05, 3.63) is 0 Å². The van der Waals surface area contributed by atoms with Crippen LogP contribution in [0.2, 0.25) is 0 Å². The maximum Gasteiger partial charge on any atom is 0.418 e. The summed E-state index contributed by atoms with van der Waals surface area (Å²) in [6, 6.07) is -1.85. The summed E-state index contributed by atoms with van der Waals surface area (Å²) < 4.78 is 40.0. The summed E-state index contributed by atoms with van der Waals surface area (Å²) >= 11 is 0. The van der Waals surface area contributed by atoms with Crippen LogP contribution in [-0.2, 0) is 24.2 Å². The number of nitrogens with zero attached hydrogens (tertiary/aromatic N) is 2. The third kappa shape index (κ3) is 3.78. The second-order valence-electron chi connectivity index (χ2n) is 6.03. The molecule has 0 saturated carbocycles. The van der Waals surface area contributed by atoms with Crippen LogP contribution in [0.3, 0.4) is 0 Å². The highest BCUT2D eigenvalue weighted by Gasteiger charge is 2.49. The van der Waals surface area contributed by atoms with E-state index in [1.807, 2.05) is 0 Å². The second kappa shape index (κ2) is 6.80. The molecule has 3 heterocycles. The molecule has 3 aliphatic rings. The molecule has 24 heavy (non-hydrogen) atoms. The molecule has 3 saturated heterocycles. The van der Waals surface area contributed by atoms with E-state index in [9.17, 15) is 18.0 Å². The molecule has 3 N–H and O–H groups in total. The number of hydroxylamine groups is 2. The van der Waals surface area contributed by atoms with Gasteiger partial charge in [-0.25, -0.2) is 10.2 Å². The first kappa shape index (κ1) is 17.4. The van der Waals surface area contributed by atoms with Crippen molar-refractivity contribution in [3.63, 3.8) is 0 Å². The molecule has 2 atom stereocenters. The van der Waals surface area contributed by atoms with Gasteiger partial charge < -0.3 is 9.64 Å². The summed E-state index contributed by atoms with van der Waals surface area (Å²) in [5.74, 6) is -0.359. The number of hydrogen-bond acceptors (Lipinski definition) is 7. The Labute approximate surface area is 139 Å². The normalized spacial score (nSPS) is 28.3. The highest BCUT2D eigenvalue weighted by atomic mass is 32.3. The Balaban J connectivity index is 1.58. The summed E-state index contributed by atoms with van der Waals surface area (Å²) in [4.78, 5) is 25.8. The van der Waals surface area contributed by atoms with Crippen molar-refractivity contribution in [1.82, 2.24) is 20.8 Å². The van der Waals surface area contributed by atoms with E-state index < -0.39 is 28.5 Å². The van der Waals surface area contributed by atoms with Gasteiger partial charge in [-0.05, 0) is 25.7 Å². The number of hydrogen-bond donors (Lipinski definition) is 3. The number of rotatable bonds is 5. The van der Waals surface area contributed by atoms with Gasteiger partial charge in [0.1, 0.15) is 6.04 Å². The Bertz CT molecular complexity index is 607. The number of hydrazine groups is 1. The zero-order chi connectivity index (χ0) is 17.3. The van der Waals surface area contributed by atoms with E-state index >= 15 is 0 Å². The van der Waals surface area contributed by atoms with Crippen molar-refractivity contribution >= 4 is 22.3 Å². The number of amides is 3. The minimum atomic E-state index is -4.79. The number of fused-ring (bicyclic) bond motifs is 2. The first-order valence-corrected chi connectivity index (χ1v) is 9.11. The van der Waals surface area contributed by atoms with Gasteiger partial charge in [0, 0.05) is 25.8 Å². The van der Waals surface area contributed by atoms with Crippen LogP contribution in [0.5, 0.6) is 0 Å². The van der Waals surface area contributed by atoms with Crippen molar-refractivity contribution in [2.24, 2.45) is 0 Å². The topological polar surface area (TPSA) is 138 Å². The van der Waals surface area contributed by atoms with E-state index in [0.29, 0.717) is 31.1 Å². The zero-order valence-corrected chi connectivity index (χ0v) is 13.7. The van der Waals surface area contributed by atoms with Crippen LogP contribution in [0.25, 0.3) is 0 Å². The van der Waals surface area contributed by atoms with Gasteiger partial charge in [0.25, 0.3) is 5.91 Å². The fourth-order valence-electron chi connectivity index (χ4n) is 3.20. The Morgan fingerprint density at radius 1 is 1.25 bits per heavy atom. The van der Waals surface area contributed by atoms with Gasteiger partial charge in [-0.15, -0.1) is 4.28 Å². The molecule has 0 radical (unpaired) electrons. The molecule has 0 aliphatic carbocycles. The van der Waals surface area contributed by atoms with Crippen molar-refractivity contribution in [1.29, 1.82) is 0 Å². The SMILES string of the molecule is O=C(NNC1CCOCC1)[C@@H]1CCC2CN1C(=O)N2OS(=O)(=O)O. The number of piperidine rings is 1. The van der Waals surface area contributed by atoms with Crippen LogP contribution in [0.1, 0.15) is 25.7 Å². The van der Waals surface area contributed by atoms with Crippen molar-refractivity contribution < 1.29 is 31.6 Å². The van der Waals surface area contributed by atoms with Gasteiger partial charge in [0.05, 0.1) is 6.04 Å². The summed E-state index contributed by atoms with van der Waals surface area (Å²) in [5, 5.41) is 0.620. The van der Waals surface area contributed by atoms with Gasteiger partial charge in [-0.2, -0.15) is 13.5 Å². The molecule has 1 unspecified atom stereocenters. The van der Waals surface area contributed by atoms with Crippen LogP contribution in [0.4, 0.5) is 4.79 Å². The molecule has 3 aliphatic heterocycles. The third-order valence-corrected chi connectivity index (χ3v) is 4.77. The lowest BCUT2D eigenvalue weighted by atomic mass is 10.0. The van der Waals surface area contributed by atoms with Crippen LogP contribution in [-0.4, -0.2) is 72.8 Å². The molecule has 3 fully saturated rings. The fourth-order valence-corrected chi connectivity index (χ4v) is 3.59. The molecular formula is C12H20N4O7S. The molecule has 2 bridgehead atoms. The van der Waals surface area contributed by atoms with Crippen LogP contribution < -0.4 is 10.9 Å². The van der Waals surface area contributed by atoms with E-state index in [0.717, 1.165) is 12.8 Å². The Morgan fingerprint density at radius 3 is 2.62 bits per heavy atom. The highest BCUT2D eigenvalue weighted by Crippen LogP contribution is 2.30. The molecule has 3 rings (SSSR count). The summed E-state index contributed by atoms with van der Waals surface area (Å²) in [6.45, 7) is 1.43. The van der Waals surface area contributed by atoms with Crippen LogP contribution >= 0.6 is 0 Å². The lowest BCUT2D eigenvalue weighted by molar-refractivity contribution is -0.127. The monoisotopic (exact) mass is 364 g/mol. The van der Waals surface area contributed by atoms with E-state index in [1.54, 1.807) is 0 Å². The van der Waals surface area contributed by atoms with E-state index in [1.165, 1.54) is 4.90 Å². The Kier molecular flexibility index (Phi) is 4.92. The largest absolute Gasteiger partial charge is 0.418 e. The van der Waals surface area contributed by atoms with Gasteiger partial charge in [-0.3, -0.25) is 14.8 Å². The zero-order valence-electron chi connectivity index (χ0n) is 12.9. The van der Waals surface area contributed by atoms with Gasteiger partial charge >= 0.3 is 16.4 Å². The average Bonchev–Trinajstić information content (AvgIpc) is 2.77. The molecule has 136 valence electrons. The number of carbonyl (C=O) groups excluding carboxylic acids is 2. The molecular weight excluding hydrogens is 344 g/mol. The standard InChI is InChI=1S/C12H20N4O7S/c17-11(14-13-8-3-5-22-6-4-8)10-2-1-9-7-15(10)12(18)16(9)23-24(19,20)21/h8-10,13H,1-7H2,(H,14,17)(H,19,20,21)/t9?,10-/m0/s1. The van der Waals surface area contributed by atoms with E-state index in [-0.39, 0.29) is 18.5 Å². The maximum atomic E-state index is 12.3. The number of ether oxygens (including phenoxy) is 1. The first-order chi connectivity index (χ1) is 11.3. The molecule has 3 amide bonds. The Morgan fingerprint density at radius 2 is 1.96 bits per heavy atom. The molecule has 0 aromatic heterocycles. The first-order valence-electron chi connectivity index (χ1n) is 7.75. The van der Waals surface area contributed by atoms with Crippen molar-refractivity contribution in [2.75, 3.05) is 19.8 Å². The lowest BCUT2D eigenvalue weighted by Crippen LogP contribution is -2.55. The summed E-state index contributed by atoms with van der Waals surface area (Å²) in [7, 11) is -4.79. The summed E-state index contributed by atoms with van der Waals surface area (Å²) in [5.41, 5.74) is 5.57. The second-order valence-corrected chi connectivity index (χ2v) is 7.03. The predicted molar refractivity (Wildman–Crippen MR) is 78.5 cm³/mol. The molecule has 0 aromatic carbocycles. The predicted octanol–water partition coefficient (Wildman–Crippen LogP) is -1.21. The number of carbonyl (C=O) groups is 2. The van der Waals surface area contributed by atoms with Gasteiger partial charge in [0.2, 0.25) is 0 Å². The molecule has 12 heteroatoms. The maximum absolute atomic E-state index is 12.3. The van der Waals surface area contributed by atoms with E-state index in [4.69, 9.17) is 9.29 Å². The van der Waals surface area contributed by atoms with Gasteiger partial charge in [-0.1, -0.05) is 0 Å². The lowest BCUT2D eigenvalue weighted by Gasteiger charge is -2.30.